The van der Waals surface area contributed by atoms with Crippen molar-refractivity contribution in [1.29, 1.82) is 0 Å². The van der Waals surface area contributed by atoms with E-state index in [4.69, 9.17) is 4.74 Å². The van der Waals surface area contributed by atoms with Gasteiger partial charge in [-0.25, -0.2) is 4.98 Å². The normalized spacial score (nSPS) is 18.1. The zero-order valence-corrected chi connectivity index (χ0v) is 11.6. The summed E-state index contributed by atoms with van der Waals surface area (Å²) in [5.41, 5.74) is 1.09. The van der Waals surface area contributed by atoms with Crippen LogP contribution in [0.3, 0.4) is 0 Å². The summed E-state index contributed by atoms with van der Waals surface area (Å²) in [5, 5.41) is 5.28. The number of nitrogens with one attached hydrogen (secondary N) is 1. The SMILES string of the molecule is O=C(NC[C@H]1CCCO1)c1csc(-c2cnccn2)n1. The van der Waals surface area contributed by atoms with Crippen molar-refractivity contribution in [3.05, 3.63) is 29.7 Å². The first kappa shape index (κ1) is 13.1. The van der Waals surface area contributed by atoms with Crippen LogP contribution in [-0.4, -0.2) is 40.1 Å². The number of nitrogens with zero attached hydrogens (tertiary/aromatic N) is 3. The van der Waals surface area contributed by atoms with E-state index in [1.54, 1.807) is 24.0 Å². The van der Waals surface area contributed by atoms with Gasteiger partial charge in [-0.2, -0.15) is 0 Å². The van der Waals surface area contributed by atoms with Crippen LogP contribution in [0.25, 0.3) is 10.7 Å². The fourth-order valence-corrected chi connectivity index (χ4v) is 2.77. The van der Waals surface area contributed by atoms with E-state index in [2.05, 4.69) is 20.3 Å². The monoisotopic (exact) mass is 290 g/mol. The van der Waals surface area contributed by atoms with E-state index in [0.717, 1.165) is 19.4 Å². The van der Waals surface area contributed by atoms with Gasteiger partial charge in [-0.15, -0.1) is 11.3 Å². The van der Waals surface area contributed by atoms with E-state index in [0.29, 0.717) is 22.9 Å². The van der Waals surface area contributed by atoms with Gasteiger partial charge < -0.3 is 10.1 Å². The van der Waals surface area contributed by atoms with E-state index >= 15 is 0 Å². The third kappa shape index (κ3) is 3.00. The van der Waals surface area contributed by atoms with Crippen molar-refractivity contribution >= 4 is 17.2 Å². The van der Waals surface area contributed by atoms with Crippen LogP contribution in [-0.2, 0) is 4.74 Å². The van der Waals surface area contributed by atoms with Gasteiger partial charge in [0.15, 0.2) is 0 Å². The average molecular weight is 290 g/mol. The quantitative estimate of drug-likeness (QED) is 0.923. The number of carbonyl (C=O) groups is 1. The standard InChI is InChI=1S/C13H14N4O2S/c18-12(16-6-9-2-1-5-19-9)11-8-20-13(17-11)10-7-14-3-4-15-10/h3-4,7-9H,1-2,5-6H2,(H,16,18)/t9-/m1/s1. The summed E-state index contributed by atoms with van der Waals surface area (Å²) >= 11 is 1.38. The van der Waals surface area contributed by atoms with Crippen molar-refractivity contribution in [3.63, 3.8) is 0 Å². The van der Waals surface area contributed by atoms with Crippen LogP contribution in [0.5, 0.6) is 0 Å². The minimum absolute atomic E-state index is 0.136. The summed E-state index contributed by atoms with van der Waals surface area (Å²) in [6.07, 6.45) is 7.04. The van der Waals surface area contributed by atoms with E-state index in [1.807, 2.05) is 0 Å². The highest BCUT2D eigenvalue weighted by Crippen LogP contribution is 2.20. The highest BCUT2D eigenvalue weighted by atomic mass is 32.1. The zero-order chi connectivity index (χ0) is 13.8. The van der Waals surface area contributed by atoms with Gasteiger partial charge in [0.05, 0.1) is 12.3 Å². The second kappa shape index (κ2) is 6.06. The Kier molecular flexibility index (Phi) is 3.98. The fourth-order valence-electron chi connectivity index (χ4n) is 2.01. The molecule has 0 aliphatic carbocycles. The van der Waals surface area contributed by atoms with Gasteiger partial charge in [0.25, 0.3) is 5.91 Å². The number of hydrogen-bond acceptors (Lipinski definition) is 6. The molecule has 7 heteroatoms. The van der Waals surface area contributed by atoms with Crippen molar-refractivity contribution in [2.75, 3.05) is 13.2 Å². The molecule has 0 radical (unpaired) electrons. The van der Waals surface area contributed by atoms with Crippen LogP contribution in [0.1, 0.15) is 23.3 Å². The third-order valence-corrected chi connectivity index (χ3v) is 3.90. The number of aromatic nitrogens is 3. The molecule has 1 amide bonds. The molecule has 20 heavy (non-hydrogen) atoms. The molecule has 3 rings (SSSR count). The fraction of sp³-hybridized carbons (Fsp3) is 0.385. The number of thiazole rings is 1. The molecule has 0 bridgehead atoms. The minimum atomic E-state index is -0.174. The summed E-state index contributed by atoms with van der Waals surface area (Å²) in [6, 6.07) is 0. The van der Waals surface area contributed by atoms with Gasteiger partial charge in [0.2, 0.25) is 0 Å². The van der Waals surface area contributed by atoms with Crippen LogP contribution in [0.2, 0.25) is 0 Å². The summed E-state index contributed by atoms with van der Waals surface area (Å²) in [4.78, 5) is 24.4. The largest absolute Gasteiger partial charge is 0.376 e. The van der Waals surface area contributed by atoms with Gasteiger partial charge in [-0.3, -0.25) is 14.8 Å². The van der Waals surface area contributed by atoms with Crippen molar-refractivity contribution in [3.8, 4) is 10.7 Å². The Bertz CT molecular complexity index is 581. The lowest BCUT2D eigenvalue weighted by molar-refractivity contribution is 0.0854. The number of hydrogen-bond donors (Lipinski definition) is 1. The minimum Gasteiger partial charge on any atom is -0.376 e. The van der Waals surface area contributed by atoms with Crippen molar-refractivity contribution in [1.82, 2.24) is 20.3 Å². The van der Waals surface area contributed by atoms with Gasteiger partial charge in [0, 0.05) is 30.9 Å². The molecule has 1 fully saturated rings. The maximum Gasteiger partial charge on any atom is 0.270 e. The zero-order valence-electron chi connectivity index (χ0n) is 10.8. The predicted molar refractivity (Wildman–Crippen MR) is 74.4 cm³/mol. The Morgan fingerprint density at radius 3 is 3.20 bits per heavy atom. The van der Waals surface area contributed by atoms with Crippen LogP contribution in [0.4, 0.5) is 0 Å². The number of rotatable bonds is 4. The second-order valence-electron chi connectivity index (χ2n) is 4.47. The Morgan fingerprint density at radius 1 is 1.50 bits per heavy atom. The van der Waals surface area contributed by atoms with Gasteiger partial charge >= 0.3 is 0 Å². The number of amides is 1. The predicted octanol–water partition coefficient (Wildman–Crippen LogP) is 1.51. The molecule has 1 atom stereocenters. The molecule has 104 valence electrons. The highest BCUT2D eigenvalue weighted by Gasteiger charge is 2.18. The Morgan fingerprint density at radius 2 is 2.45 bits per heavy atom. The number of ether oxygens (including phenoxy) is 1. The molecule has 3 heterocycles. The lowest BCUT2D eigenvalue weighted by Gasteiger charge is -2.09. The molecular formula is C13H14N4O2S. The average Bonchev–Trinajstić information content (AvgIpc) is 3.17. The van der Waals surface area contributed by atoms with E-state index in [-0.39, 0.29) is 12.0 Å². The molecule has 0 unspecified atom stereocenters. The Labute approximate surface area is 120 Å². The molecule has 1 aliphatic heterocycles. The Balaban J connectivity index is 1.62. The molecule has 1 aliphatic rings. The maximum absolute atomic E-state index is 12.0. The van der Waals surface area contributed by atoms with E-state index < -0.39 is 0 Å². The van der Waals surface area contributed by atoms with Crippen LogP contribution < -0.4 is 5.32 Å². The molecule has 0 spiro atoms. The molecule has 2 aromatic heterocycles. The van der Waals surface area contributed by atoms with Crippen molar-refractivity contribution < 1.29 is 9.53 Å². The van der Waals surface area contributed by atoms with Crippen LogP contribution >= 0.6 is 11.3 Å². The lowest BCUT2D eigenvalue weighted by Crippen LogP contribution is -2.31. The molecule has 2 aromatic rings. The van der Waals surface area contributed by atoms with Gasteiger partial charge in [-0.1, -0.05) is 0 Å². The van der Waals surface area contributed by atoms with Crippen LogP contribution in [0.15, 0.2) is 24.0 Å². The van der Waals surface area contributed by atoms with Gasteiger partial charge in [0.1, 0.15) is 16.4 Å². The summed E-state index contributed by atoms with van der Waals surface area (Å²) in [5.74, 6) is -0.174. The van der Waals surface area contributed by atoms with E-state index in [9.17, 15) is 4.79 Å². The topological polar surface area (TPSA) is 77.0 Å². The van der Waals surface area contributed by atoms with Gasteiger partial charge in [-0.05, 0) is 12.8 Å². The van der Waals surface area contributed by atoms with Crippen LogP contribution in [0, 0.1) is 0 Å². The third-order valence-electron chi connectivity index (χ3n) is 3.03. The van der Waals surface area contributed by atoms with E-state index in [1.165, 1.54) is 11.3 Å². The highest BCUT2D eigenvalue weighted by molar-refractivity contribution is 7.13. The second-order valence-corrected chi connectivity index (χ2v) is 5.33. The number of carbonyl (C=O) groups excluding carboxylic acids is 1. The molecule has 0 saturated carbocycles. The lowest BCUT2D eigenvalue weighted by atomic mass is 10.2. The first-order chi connectivity index (χ1) is 9.83. The Hall–Kier alpha value is -1.86. The molecule has 0 aromatic carbocycles. The molecule has 6 nitrogen and oxygen atoms in total. The first-order valence-corrected chi connectivity index (χ1v) is 7.32. The molecular weight excluding hydrogens is 276 g/mol. The summed E-state index contributed by atoms with van der Waals surface area (Å²) < 4.78 is 5.46. The van der Waals surface area contributed by atoms with Crippen molar-refractivity contribution in [2.45, 2.75) is 18.9 Å². The molecule has 1 N–H and O–H groups in total. The smallest absolute Gasteiger partial charge is 0.270 e. The summed E-state index contributed by atoms with van der Waals surface area (Å²) in [7, 11) is 0. The van der Waals surface area contributed by atoms with Crippen molar-refractivity contribution in [2.24, 2.45) is 0 Å². The summed E-state index contributed by atoms with van der Waals surface area (Å²) in [6.45, 7) is 1.32. The first-order valence-electron chi connectivity index (χ1n) is 6.44. The molecule has 1 saturated heterocycles. The maximum atomic E-state index is 12.0.